The summed E-state index contributed by atoms with van der Waals surface area (Å²) in [6.07, 6.45) is 3.62. The molecule has 20 heavy (non-hydrogen) atoms. The summed E-state index contributed by atoms with van der Waals surface area (Å²) in [6.45, 7) is 3.02. The number of nitrogens with one attached hydrogen (secondary N) is 2. The number of fused-ring (bicyclic) bond motifs is 1. The van der Waals surface area contributed by atoms with Crippen LogP contribution in [0.15, 0.2) is 30.3 Å². The molecule has 0 spiro atoms. The van der Waals surface area contributed by atoms with E-state index in [0.717, 1.165) is 36.3 Å². The zero-order valence-electron chi connectivity index (χ0n) is 11.5. The Bertz CT molecular complexity index is 554. The van der Waals surface area contributed by atoms with Gasteiger partial charge < -0.3 is 10.6 Å². The molecule has 1 aliphatic rings. The first kappa shape index (κ1) is 13.6. The van der Waals surface area contributed by atoms with E-state index < -0.39 is 0 Å². The average molecular weight is 288 g/mol. The maximum atomic E-state index is 12.1. The quantitative estimate of drug-likeness (QED) is 0.908. The standard InChI is InChI=1S/C16H20N2OS/c19-16(18-9-7-12-4-3-8-17-11-12)15-10-13-5-1-2-6-14(13)20-15/h1-2,5-6,10,12,17H,3-4,7-9,11H2,(H,18,19). The summed E-state index contributed by atoms with van der Waals surface area (Å²) >= 11 is 1.57. The summed E-state index contributed by atoms with van der Waals surface area (Å²) in [7, 11) is 0. The van der Waals surface area contributed by atoms with Gasteiger partial charge in [0.05, 0.1) is 4.88 Å². The highest BCUT2D eigenvalue weighted by molar-refractivity contribution is 7.20. The van der Waals surface area contributed by atoms with Crippen LogP contribution in [0.5, 0.6) is 0 Å². The van der Waals surface area contributed by atoms with Gasteiger partial charge in [-0.05, 0) is 55.8 Å². The van der Waals surface area contributed by atoms with Crippen LogP contribution in [0.25, 0.3) is 10.1 Å². The van der Waals surface area contributed by atoms with E-state index >= 15 is 0 Å². The molecule has 0 radical (unpaired) electrons. The van der Waals surface area contributed by atoms with E-state index in [1.807, 2.05) is 18.2 Å². The van der Waals surface area contributed by atoms with Gasteiger partial charge in [-0.2, -0.15) is 0 Å². The van der Waals surface area contributed by atoms with E-state index in [0.29, 0.717) is 5.92 Å². The molecule has 0 saturated carbocycles. The van der Waals surface area contributed by atoms with Crippen LogP contribution in [-0.4, -0.2) is 25.5 Å². The third-order valence-electron chi connectivity index (χ3n) is 3.89. The van der Waals surface area contributed by atoms with Crippen LogP contribution in [0.4, 0.5) is 0 Å². The van der Waals surface area contributed by atoms with Crippen molar-refractivity contribution in [3.8, 4) is 0 Å². The van der Waals surface area contributed by atoms with Crippen molar-refractivity contribution in [3.05, 3.63) is 35.2 Å². The second kappa shape index (κ2) is 6.37. The minimum absolute atomic E-state index is 0.0648. The predicted molar refractivity (Wildman–Crippen MR) is 84.4 cm³/mol. The zero-order chi connectivity index (χ0) is 13.8. The second-order valence-electron chi connectivity index (χ2n) is 5.41. The first-order valence-corrected chi connectivity index (χ1v) is 8.12. The maximum absolute atomic E-state index is 12.1. The number of carbonyl (C=O) groups excluding carboxylic acids is 1. The van der Waals surface area contributed by atoms with E-state index in [9.17, 15) is 4.79 Å². The highest BCUT2D eigenvalue weighted by atomic mass is 32.1. The van der Waals surface area contributed by atoms with Crippen molar-refractivity contribution in [2.24, 2.45) is 5.92 Å². The van der Waals surface area contributed by atoms with Gasteiger partial charge in [0, 0.05) is 11.2 Å². The van der Waals surface area contributed by atoms with Gasteiger partial charge in [0.2, 0.25) is 0 Å². The first-order valence-electron chi connectivity index (χ1n) is 7.30. The Morgan fingerprint density at radius 1 is 1.40 bits per heavy atom. The van der Waals surface area contributed by atoms with Crippen molar-refractivity contribution in [1.29, 1.82) is 0 Å². The molecule has 1 saturated heterocycles. The molecule has 0 bridgehead atoms. The summed E-state index contributed by atoms with van der Waals surface area (Å²) in [4.78, 5) is 13.0. The number of carbonyl (C=O) groups is 1. The average Bonchev–Trinajstić information content (AvgIpc) is 2.92. The number of hydrogen-bond donors (Lipinski definition) is 2. The lowest BCUT2D eigenvalue weighted by molar-refractivity contribution is 0.0955. The lowest BCUT2D eigenvalue weighted by atomic mass is 9.96. The fraction of sp³-hybridized carbons (Fsp3) is 0.438. The Morgan fingerprint density at radius 3 is 3.10 bits per heavy atom. The van der Waals surface area contributed by atoms with E-state index in [4.69, 9.17) is 0 Å². The molecule has 2 N–H and O–H groups in total. The molecule has 4 heteroatoms. The summed E-state index contributed by atoms with van der Waals surface area (Å²) in [5, 5.41) is 7.61. The van der Waals surface area contributed by atoms with Gasteiger partial charge in [-0.3, -0.25) is 4.79 Å². The van der Waals surface area contributed by atoms with Crippen molar-refractivity contribution in [2.75, 3.05) is 19.6 Å². The Balaban J connectivity index is 1.53. The fourth-order valence-electron chi connectivity index (χ4n) is 2.74. The minimum atomic E-state index is 0.0648. The van der Waals surface area contributed by atoms with E-state index in [2.05, 4.69) is 22.8 Å². The molecular weight excluding hydrogens is 268 g/mol. The lowest BCUT2D eigenvalue weighted by Crippen LogP contribution is -2.33. The minimum Gasteiger partial charge on any atom is -0.351 e. The Kier molecular flexibility index (Phi) is 4.33. The van der Waals surface area contributed by atoms with Gasteiger partial charge in [-0.25, -0.2) is 0 Å². The third-order valence-corrected chi connectivity index (χ3v) is 5.00. The molecule has 1 aromatic heterocycles. The van der Waals surface area contributed by atoms with Crippen molar-refractivity contribution < 1.29 is 4.79 Å². The van der Waals surface area contributed by atoms with Gasteiger partial charge in [-0.1, -0.05) is 18.2 Å². The molecule has 3 nitrogen and oxygen atoms in total. The molecule has 1 fully saturated rings. The van der Waals surface area contributed by atoms with Gasteiger partial charge >= 0.3 is 0 Å². The van der Waals surface area contributed by atoms with Crippen LogP contribution in [0.1, 0.15) is 28.9 Å². The molecule has 1 amide bonds. The first-order chi connectivity index (χ1) is 9.83. The second-order valence-corrected chi connectivity index (χ2v) is 6.49. The van der Waals surface area contributed by atoms with Gasteiger partial charge in [-0.15, -0.1) is 11.3 Å². The smallest absolute Gasteiger partial charge is 0.261 e. The molecule has 0 aliphatic carbocycles. The maximum Gasteiger partial charge on any atom is 0.261 e. The fourth-order valence-corrected chi connectivity index (χ4v) is 3.72. The number of piperidine rings is 1. The van der Waals surface area contributed by atoms with E-state index in [-0.39, 0.29) is 5.91 Å². The number of rotatable bonds is 4. The molecular formula is C16H20N2OS. The molecule has 2 aromatic rings. The van der Waals surface area contributed by atoms with Crippen LogP contribution < -0.4 is 10.6 Å². The number of hydrogen-bond acceptors (Lipinski definition) is 3. The molecule has 1 aliphatic heterocycles. The van der Waals surface area contributed by atoms with Crippen LogP contribution in [-0.2, 0) is 0 Å². The number of amides is 1. The van der Waals surface area contributed by atoms with Gasteiger partial charge in [0.1, 0.15) is 0 Å². The predicted octanol–water partition coefficient (Wildman–Crippen LogP) is 3.02. The SMILES string of the molecule is O=C(NCCC1CCCNC1)c1cc2ccccc2s1. The summed E-state index contributed by atoms with van der Waals surface area (Å²) < 4.78 is 1.18. The van der Waals surface area contributed by atoms with Gasteiger partial charge in [0.15, 0.2) is 0 Å². The molecule has 1 aromatic carbocycles. The monoisotopic (exact) mass is 288 g/mol. The van der Waals surface area contributed by atoms with Crippen molar-refractivity contribution in [3.63, 3.8) is 0 Å². The molecule has 2 heterocycles. The summed E-state index contributed by atoms with van der Waals surface area (Å²) in [5.41, 5.74) is 0. The normalized spacial score (nSPS) is 19.1. The van der Waals surface area contributed by atoms with Crippen LogP contribution >= 0.6 is 11.3 Å². The Morgan fingerprint density at radius 2 is 2.30 bits per heavy atom. The zero-order valence-corrected chi connectivity index (χ0v) is 12.3. The molecule has 3 rings (SSSR count). The molecule has 1 unspecified atom stereocenters. The number of benzene rings is 1. The van der Waals surface area contributed by atoms with Crippen LogP contribution in [0.3, 0.4) is 0 Å². The van der Waals surface area contributed by atoms with Crippen molar-refractivity contribution in [2.45, 2.75) is 19.3 Å². The summed E-state index contributed by atoms with van der Waals surface area (Å²) in [6, 6.07) is 10.1. The lowest BCUT2D eigenvalue weighted by Gasteiger charge is -2.22. The number of thiophene rings is 1. The Labute approximate surface area is 123 Å². The third kappa shape index (κ3) is 3.19. The van der Waals surface area contributed by atoms with Crippen molar-refractivity contribution in [1.82, 2.24) is 10.6 Å². The largest absolute Gasteiger partial charge is 0.351 e. The summed E-state index contributed by atoms with van der Waals surface area (Å²) in [5.74, 6) is 0.779. The highest BCUT2D eigenvalue weighted by Crippen LogP contribution is 2.25. The Hall–Kier alpha value is -1.39. The van der Waals surface area contributed by atoms with E-state index in [1.54, 1.807) is 11.3 Å². The van der Waals surface area contributed by atoms with Crippen LogP contribution in [0.2, 0.25) is 0 Å². The van der Waals surface area contributed by atoms with Gasteiger partial charge in [0.25, 0.3) is 5.91 Å². The molecule has 1 atom stereocenters. The van der Waals surface area contributed by atoms with Crippen molar-refractivity contribution >= 4 is 27.3 Å². The molecule has 106 valence electrons. The topological polar surface area (TPSA) is 41.1 Å². The van der Waals surface area contributed by atoms with Crippen LogP contribution in [0, 0.1) is 5.92 Å². The highest BCUT2D eigenvalue weighted by Gasteiger charge is 2.14. The van der Waals surface area contributed by atoms with E-state index in [1.165, 1.54) is 17.5 Å².